The first-order valence-electron chi connectivity index (χ1n) is 7.94. The number of carbonyl (C=O) groups is 1. The molecule has 1 amide bonds. The fourth-order valence-electron chi connectivity index (χ4n) is 2.56. The lowest BCUT2D eigenvalue weighted by Gasteiger charge is -2.21. The first-order chi connectivity index (χ1) is 11.3. The van der Waals surface area contributed by atoms with Gasteiger partial charge in [-0.15, -0.1) is 0 Å². The van der Waals surface area contributed by atoms with Crippen LogP contribution in [0.5, 0.6) is 5.75 Å². The van der Waals surface area contributed by atoms with Gasteiger partial charge in [0.05, 0.1) is 18.1 Å². The predicted octanol–water partition coefficient (Wildman–Crippen LogP) is 1.94. The van der Waals surface area contributed by atoms with Crippen molar-refractivity contribution in [3.8, 4) is 5.75 Å². The minimum atomic E-state index is -3.59. The minimum absolute atomic E-state index is 0.0300. The van der Waals surface area contributed by atoms with E-state index >= 15 is 0 Å². The molecule has 134 valence electrons. The summed E-state index contributed by atoms with van der Waals surface area (Å²) in [4.78, 5) is 13.3. The molecule has 1 aromatic carbocycles. The average molecular weight is 356 g/mol. The van der Waals surface area contributed by atoms with Gasteiger partial charge in [-0.2, -0.15) is 4.31 Å². The molecule has 1 aliphatic rings. The molecular formula is C16H24N2O5S. The minimum Gasteiger partial charge on any atom is -0.491 e. The van der Waals surface area contributed by atoms with Gasteiger partial charge in [-0.25, -0.2) is 13.2 Å². The first kappa shape index (κ1) is 18.5. The maximum atomic E-state index is 12.8. The number of benzene rings is 1. The SMILES string of the molecule is COC(=O)N1CCCN(S(=O)(=O)c2ccc(OC(C)C)cc2)CC1. The summed E-state index contributed by atoms with van der Waals surface area (Å²) < 4.78 is 37.2. The summed E-state index contributed by atoms with van der Waals surface area (Å²) in [5, 5.41) is 0. The molecule has 0 saturated carbocycles. The highest BCUT2D eigenvalue weighted by Crippen LogP contribution is 2.21. The Bertz CT molecular complexity index is 658. The molecule has 1 aliphatic heterocycles. The molecule has 0 aromatic heterocycles. The molecule has 0 unspecified atom stereocenters. The molecule has 1 fully saturated rings. The third kappa shape index (κ3) is 4.39. The summed E-state index contributed by atoms with van der Waals surface area (Å²) in [6.45, 7) is 5.26. The van der Waals surface area contributed by atoms with Crippen LogP contribution in [0.1, 0.15) is 20.3 Å². The average Bonchev–Trinajstić information content (AvgIpc) is 2.80. The topological polar surface area (TPSA) is 76.2 Å². The van der Waals surface area contributed by atoms with Crippen molar-refractivity contribution in [3.63, 3.8) is 0 Å². The van der Waals surface area contributed by atoms with Gasteiger partial charge in [0.1, 0.15) is 5.75 Å². The quantitative estimate of drug-likeness (QED) is 0.824. The third-order valence-corrected chi connectivity index (χ3v) is 5.63. The first-order valence-corrected chi connectivity index (χ1v) is 9.38. The van der Waals surface area contributed by atoms with Gasteiger partial charge in [-0.1, -0.05) is 0 Å². The third-order valence-electron chi connectivity index (χ3n) is 3.72. The van der Waals surface area contributed by atoms with Gasteiger partial charge in [-0.3, -0.25) is 0 Å². The van der Waals surface area contributed by atoms with E-state index in [1.807, 2.05) is 13.8 Å². The fourth-order valence-corrected chi connectivity index (χ4v) is 4.03. The number of rotatable bonds is 4. The Morgan fingerprint density at radius 2 is 1.75 bits per heavy atom. The highest BCUT2D eigenvalue weighted by Gasteiger charge is 2.28. The Hall–Kier alpha value is -1.80. The van der Waals surface area contributed by atoms with Crippen molar-refractivity contribution in [1.29, 1.82) is 0 Å². The molecule has 0 spiro atoms. The van der Waals surface area contributed by atoms with Crippen molar-refractivity contribution >= 4 is 16.1 Å². The van der Waals surface area contributed by atoms with Crippen LogP contribution in [0.2, 0.25) is 0 Å². The van der Waals surface area contributed by atoms with E-state index in [0.717, 1.165) is 0 Å². The molecule has 8 heteroatoms. The van der Waals surface area contributed by atoms with Crippen LogP contribution in [-0.4, -0.2) is 63.1 Å². The van der Waals surface area contributed by atoms with E-state index < -0.39 is 16.1 Å². The van der Waals surface area contributed by atoms with E-state index in [-0.39, 0.29) is 17.5 Å². The molecule has 1 aromatic rings. The Morgan fingerprint density at radius 1 is 1.08 bits per heavy atom. The summed E-state index contributed by atoms with van der Waals surface area (Å²) in [6.07, 6.45) is 0.176. The number of hydrogen-bond acceptors (Lipinski definition) is 5. The van der Waals surface area contributed by atoms with Crippen LogP contribution < -0.4 is 4.74 Å². The Balaban J connectivity index is 2.10. The Labute approximate surface area is 143 Å². The zero-order valence-corrected chi connectivity index (χ0v) is 15.1. The molecule has 0 aliphatic carbocycles. The maximum absolute atomic E-state index is 12.8. The van der Waals surface area contributed by atoms with E-state index in [9.17, 15) is 13.2 Å². The molecule has 0 bridgehead atoms. The normalized spacial score (nSPS) is 16.8. The molecule has 24 heavy (non-hydrogen) atoms. The number of sulfonamides is 1. The van der Waals surface area contributed by atoms with Crippen LogP contribution in [0, 0.1) is 0 Å². The van der Waals surface area contributed by atoms with Crippen LogP contribution in [-0.2, 0) is 14.8 Å². The lowest BCUT2D eigenvalue weighted by atomic mass is 10.3. The van der Waals surface area contributed by atoms with Crippen LogP contribution in [0.15, 0.2) is 29.2 Å². The molecule has 7 nitrogen and oxygen atoms in total. The zero-order chi connectivity index (χ0) is 17.7. The van der Waals surface area contributed by atoms with Crippen molar-refractivity contribution in [1.82, 2.24) is 9.21 Å². The van der Waals surface area contributed by atoms with Gasteiger partial charge in [0.25, 0.3) is 0 Å². The summed E-state index contributed by atoms with van der Waals surface area (Å²) in [6, 6.07) is 6.42. The summed E-state index contributed by atoms with van der Waals surface area (Å²) in [5.74, 6) is 0.636. The van der Waals surface area contributed by atoms with E-state index in [4.69, 9.17) is 9.47 Å². The van der Waals surface area contributed by atoms with Crippen molar-refractivity contribution < 1.29 is 22.7 Å². The standard InChI is InChI=1S/C16H24N2O5S/c1-13(2)23-14-5-7-15(8-6-14)24(20,21)18-10-4-9-17(11-12-18)16(19)22-3/h5-8,13H,4,9-12H2,1-3H3. The highest BCUT2D eigenvalue weighted by molar-refractivity contribution is 7.89. The molecule has 0 atom stereocenters. The van der Waals surface area contributed by atoms with E-state index in [1.165, 1.54) is 16.3 Å². The second-order valence-electron chi connectivity index (χ2n) is 5.85. The van der Waals surface area contributed by atoms with E-state index in [0.29, 0.717) is 31.8 Å². The second-order valence-corrected chi connectivity index (χ2v) is 7.79. The van der Waals surface area contributed by atoms with Crippen LogP contribution in [0.4, 0.5) is 4.79 Å². The second kappa shape index (κ2) is 7.85. The largest absolute Gasteiger partial charge is 0.491 e. The van der Waals surface area contributed by atoms with Crippen molar-refractivity contribution in [2.24, 2.45) is 0 Å². The highest BCUT2D eigenvalue weighted by atomic mass is 32.2. The number of carbonyl (C=O) groups excluding carboxylic acids is 1. The maximum Gasteiger partial charge on any atom is 0.409 e. The van der Waals surface area contributed by atoms with Crippen molar-refractivity contribution in [2.75, 3.05) is 33.3 Å². The summed E-state index contributed by atoms with van der Waals surface area (Å²) in [5.41, 5.74) is 0. The van der Waals surface area contributed by atoms with Crippen LogP contribution in [0.25, 0.3) is 0 Å². The van der Waals surface area contributed by atoms with Gasteiger partial charge >= 0.3 is 6.09 Å². The number of ether oxygens (including phenoxy) is 2. The molecular weight excluding hydrogens is 332 g/mol. The zero-order valence-electron chi connectivity index (χ0n) is 14.3. The Kier molecular flexibility index (Phi) is 6.06. The van der Waals surface area contributed by atoms with Crippen molar-refractivity contribution in [2.45, 2.75) is 31.3 Å². The smallest absolute Gasteiger partial charge is 0.409 e. The monoisotopic (exact) mass is 356 g/mol. The van der Waals surface area contributed by atoms with Gasteiger partial charge in [0, 0.05) is 26.2 Å². The number of hydrogen-bond donors (Lipinski definition) is 0. The van der Waals surface area contributed by atoms with Gasteiger partial charge in [0.2, 0.25) is 10.0 Å². The predicted molar refractivity (Wildman–Crippen MR) is 89.6 cm³/mol. The van der Waals surface area contributed by atoms with Gasteiger partial charge < -0.3 is 14.4 Å². The molecule has 0 radical (unpaired) electrons. The summed E-state index contributed by atoms with van der Waals surface area (Å²) in [7, 11) is -2.27. The fraction of sp³-hybridized carbons (Fsp3) is 0.562. The van der Waals surface area contributed by atoms with Crippen molar-refractivity contribution in [3.05, 3.63) is 24.3 Å². The number of nitrogens with zero attached hydrogens (tertiary/aromatic N) is 2. The molecule has 1 heterocycles. The Morgan fingerprint density at radius 3 is 2.33 bits per heavy atom. The molecule has 0 N–H and O–H groups in total. The molecule has 2 rings (SSSR count). The van der Waals surface area contributed by atoms with E-state index in [2.05, 4.69) is 0 Å². The van der Waals surface area contributed by atoms with Gasteiger partial charge in [0.15, 0.2) is 0 Å². The molecule has 1 saturated heterocycles. The number of amides is 1. The van der Waals surface area contributed by atoms with Crippen LogP contribution in [0.3, 0.4) is 0 Å². The lowest BCUT2D eigenvalue weighted by Crippen LogP contribution is -2.37. The van der Waals surface area contributed by atoms with Gasteiger partial charge in [-0.05, 0) is 44.5 Å². The lowest BCUT2D eigenvalue weighted by molar-refractivity contribution is 0.126. The van der Waals surface area contributed by atoms with E-state index in [1.54, 1.807) is 24.3 Å². The number of methoxy groups -OCH3 is 1. The summed E-state index contributed by atoms with van der Waals surface area (Å²) >= 11 is 0. The van der Waals surface area contributed by atoms with Crippen LogP contribution >= 0.6 is 0 Å².